The maximum Gasteiger partial charge on any atom is 0.240 e. The van der Waals surface area contributed by atoms with Crippen molar-refractivity contribution in [3.63, 3.8) is 0 Å². The van der Waals surface area contributed by atoms with Crippen LogP contribution >= 0.6 is 0 Å². The van der Waals surface area contributed by atoms with Gasteiger partial charge in [0, 0.05) is 6.54 Å². The van der Waals surface area contributed by atoms with E-state index in [9.17, 15) is 13.5 Å². The predicted molar refractivity (Wildman–Crippen MR) is 79.1 cm³/mol. The van der Waals surface area contributed by atoms with Gasteiger partial charge in [-0.2, -0.15) is 0 Å². The fraction of sp³-hybridized carbons (Fsp3) is 0.600. The van der Waals surface area contributed by atoms with E-state index in [2.05, 4.69) is 18.6 Å². The standard InChI is InChI=1S/C15H23NO3S/c1-11(2)12-6-8-14(9-7-12)20(18,19)16-10-13-4-3-5-15(13)17/h6-9,11,13,15-17H,3-5,10H2,1-2H3. The summed E-state index contributed by atoms with van der Waals surface area (Å²) in [5, 5.41) is 9.72. The summed E-state index contributed by atoms with van der Waals surface area (Å²) in [6, 6.07) is 6.98. The van der Waals surface area contributed by atoms with E-state index >= 15 is 0 Å². The quantitative estimate of drug-likeness (QED) is 0.876. The molecule has 0 saturated heterocycles. The molecule has 1 aromatic rings. The highest BCUT2D eigenvalue weighted by Crippen LogP contribution is 2.25. The molecule has 0 heterocycles. The Morgan fingerprint density at radius 1 is 1.25 bits per heavy atom. The van der Waals surface area contributed by atoms with Gasteiger partial charge >= 0.3 is 0 Å². The molecule has 1 aliphatic carbocycles. The first-order valence-electron chi connectivity index (χ1n) is 7.18. The van der Waals surface area contributed by atoms with Crippen LogP contribution in [-0.4, -0.2) is 26.2 Å². The second-order valence-corrected chi connectivity index (χ2v) is 7.60. The summed E-state index contributed by atoms with van der Waals surface area (Å²) < 4.78 is 27.0. The van der Waals surface area contributed by atoms with Crippen molar-refractivity contribution in [2.45, 2.75) is 50.0 Å². The lowest BCUT2D eigenvalue weighted by molar-refractivity contribution is 0.134. The van der Waals surface area contributed by atoms with Crippen molar-refractivity contribution in [1.29, 1.82) is 0 Å². The summed E-state index contributed by atoms with van der Waals surface area (Å²) in [5.41, 5.74) is 1.12. The lowest BCUT2D eigenvalue weighted by Crippen LogP contribution is -2.32. The van der Waals surface area contributed by atoms with Crippen LogP contribution in [0.1, 0.15) is 44.6 Å². The smallest absolute Gasteiger partial charge is 0.240 e. The van der Waals surface area contributed by atoms with Gasteiger partial charge in [-0.1, -0.05) is 32.4 Å². The lowest BCUT2D eigenvalue weighted by atomic mass is 10.0. The molecule has 2 unspecified atom stereocenters. The topological polar surface area (TPSA) is 66.4 Å². The average Bonchev–Trinajstić information content (AvgIpc) is 2.82. The van der Waals surface area contributed by atoms with Crippen LogP contribution in [0.25, 0.3) is 0 Å². The molecule has 2 N–H and O–H groups in total. The molecule has 0 aliphatic heterocycles. The summed E-state index contributed by atoms with van der Waals surface area (Å²) in [7, 11) is -3.47. The van der Waals surface area contributed by atoms with Gasteiger partial charge in [-0.3, -0.25) is 0 Å². The second kappa shape index (κ2) is 6.24. The molecular weight excluding hydrogens is 274 g/mol. The molecule has 1 saturated carbocycles. The van der Waals surface area contributed by atoms with Crippen LogP contribution in [0.2, 0.25) is 0 Å². The number of nitrogens with one attached hydrogen (secondary N) is 1. The molecule has 0 radical (unpaired) electrons. The molecule has 0 amide bonds. The van der Waals surface area contributed by atoms with Crippen LogP contribution in [0.15, 0.2) is 29.2 Å². The van der Waals surface area contributed by atoms with Crippen molar-refractivity contribution < 1.29 is 13.5 Å². The highest BCUT2D eigenvalue weighted by Gasteiger charge is 2.26. The van der Waals surface area contributed by atoms with E-state index in [4.69, 9.17) is 0 Å². The van der Waals surface area contributed by atoms with Crippen LogP contribution in [0.5, 0.6) is 0 Å². The Morgan fingerprint density at radius 3 is 2.40 bits per heavy atom. The molecule has 1 fully saturated rings. The maximum absolute atomic E-state index is 12.2. The molecule has 5 heteroatoms. The zero-order chi connectivity index (χ0) is 14.8. The lowest BCUT2D eigenvalue weighted by Gasteiger charge is -2.15. The SMILES string of the molecule is CC(C)c1ccc(S(=O)(=O)NCC2CCCC2O)cc1. The highest BCUT2D eigenvalue weighted by molar-refractivity contribution is 7.89. The number of aliphatic hydroxyl groups excluding tert-OH is 1. The summed E-state index contributed by atoms with van der Waals surface area (Å²) in [6.45, 7) is 4.46. The van der Waals surface area contributed by atoms with Crippen molar-refractivity contribution >= 4 is 10.0 Å². The van der Waals surface area contributed by atoms with E-state index in [0.29, 0.717) is 12.5 Å². The van der Waals surface area contributed by atoms with Gasteiger partial charge in [0.05, 0.1) is 11.0 Å². The number of hydrogen-bond donors (Lipinski definition) is 2. The Morgan fingerprint density at radius 2 is 1.90 bits per heavy atom. The minimum absolute atomic E-state index is 0.0414. The van der Waals surface area contributed by atoms with Crippen LogP contribution in [-0.2, 0) is 10.0 Å². The molecule has 112 valence electrons. The number of sulfonamides is 1. The molecule has 4 nitrogen and oxygen atoms in total. The van der Waals surface area contributed by atoms with Crippen LogP contribution in [0.3, 0.4) is 0 Å². The van der Waals surface area contributed by atoms with Crippen LogP contribution in [0.4, 0.5) is 0 Å². The van der Waals surface area contributed by atoms with Crippen molar-refractivity contribution in [3.05, 3.63) is 29.8 Å². The van der Waals surface area contributed by atoms with E-state index in [0.717, 1.165) is 24.8 Å². The Labute approximate surface area is 121 Å². The van der Waals surface area contributed by atoms with E-state index in [1.807, 2.05) is 12.1 Å². The highest BCUT2D eigenvalue weighted by atomic mass is 32.2. The number of rotatable bonds is 5. The third-order valence-corrected chi connectivity index (χ3v) is 5.45. The van der Waals surface area contributed by atoms with Crippen molar-refractivity contribution in [2.75, 3.05) is 6.54 Å². The fourth-order valence-electron chi connectivity index (χ4n) is 2.59. The maximum atomic E-state index is 12.2. The van der Waals surface area contributed by atoms with Crippen LogP contribution in [0, 0.1) is 5.92 Å². The van der Waals surface area contributed by atoms with Crippen molar-refractivity contribution in [2.24, 2.45) is 5.92 Å². The zero-order valence-corrected chi connectivity index (χ0v) is 12.9. The second-order valence-electron chi connectivity index (χ2n) is 5.83. The third-order valence-electron chi connectivity index (χ3n) is 4.01. The van der Waals surface area contributed by atoms with E-state index < -0.39 is 10.0 Å². The Bertz CT molecular complexity index is 537. The fourth-order valence-corrected chi connectivity index (χ4v) is 3.68. The normalized spacial score (nSPS) is 23.4. The van der Waals surface area contributed by atoms with Gasteiger partial charge in [0.15, 0.2) is 0 Å². The number of benzene rings is 1. The summed E-state index contributed by atoms with van der Waals surface area (Å²) >= 11 is 0. The van der Waals surface area contributed by atoms with Gasteiger partial charge in [0.25, 0.3) is 0 Å². The molecule has 0 aromatic heterocycles. The summed E-state index contributed by atoms with van der Waals surface area (Å²) in [4.78, 5) is 0.286. The third kappa shape index (κ3) is 3.59. The van der Waals surface area contributed by atoms with Gasteiger partial charge in [-0.15, -0.1) is 0 Å². The molecule has 2 rings (SSSR count). The first-order valence-corrected chi connectivity index (χ1v) is 8.66. The molecule has 2 atom stereocenters. The minimum atomic E-state index is -3.47. The molecule has 0 spiro atoms. The first-order chi connectivity index (χ1) is 9.40. The molecule has 1 aromatic carbocycles. The Balaban J connectivity index is 2.02. The average molecular weight is 297 g/mol. The zero-order valence-electron chi connectivity index (χ0n) is 12.0. The molecular formula is C15H23NO3S. The van der Waals surface area contributed by atoms with Crippen molar-refractivity contribution in [3.8, 4) is 0 Å². The Hall–Kier alpha value is -0.910. The largest absolute Gasteiger partial charge is 0.393 e. The van der Waals surface area contributed by atoms with Gasteiger partial charge in [-0.05, 0) is 42.4 Å². The first kappa shape index (κ1) is 15.5. The molecule has 20 heavy (non-hydrogen) atoms. The molecule has 1 aliphatic rings. The summed E-state index contributed by atoms with van der Waals surface area (Å²) in [6.07, 6.45) is 2.25. The van der Waals surface area contributed by atoms with Crippen molar-refractivity contribution in [1.82, 2.24) is 4.72 Å². The monoisotopic (exact) mass is 297 g/mol. The minimum Gasteiger partial charge on any atom is -0.393 e. The van der Waals surface area contributed by atoms with E-state index in [1.54, 1.807) is 12.1 Å². The molecule has 0 bridgehead atoms. The summed E-state index contributed by atoms with van der Waals surface area (Å²) in [5.74, 6) is 0.424. The van der Waals surface area contributed by atoms with Gasteiger partial charge < -0.3 is 5.11 Å². The van der Waals surface area contributed by atoms with E-state index in [1.165, 1.54) is 0 Å². The Kier molecular flexibility index (Phi) is 4.83. The van der Waals surface area contributed by atoms with Gasteiger partial charge in [0.1, 0.15) is 0 Å². The predicted octanol–water partition coefficient (Wildman–Crippen LogP) is 2.25. The number of aliphatic hydroxyl groups is 1. The van der Waals surface area contributed by atoms with Crippen LogP contribution < -0.4 is 4.72 Å². The van der Waals surface area contributed by atoms with E-state index in [-0.39, 0.29) is 16.9 Å². The van der Waals surface area contributed by atoms with Gasteiger partial charge in [-0.25, -0.2) is 13.1 Å². The van der Waals surface area contributed by atoms with Gasteiger partial charge in [0.2, 0.25) is 10.0 Å². The number of hydrogen-bond acceptors (Lipinski definition) is 3.